The minimum atomic E-state index is 0.650. The summed E-state index contributed by atoms with van der Waals surface area (Å²) in [6.07, 6.45) is 1.54. The van der Waals surface area contributed by atoms with Crippen LogP contribution < -0.4 is 4.74 Å². The van der Waals surface area contributed by atoms with Gasteiger partial charge in [-0.15, -0.1) is 0 Å². The van der Waals surface area contributed by atoms with Crippen LogP contribution in [0, 0.1) is 6.92 Å². The van der Waals surface area contributed by atoms with Gasteiger partial charge in [-0.3, -0.25) is 0 Å². The normalized spacial score (nSPS) is 10.7. The zero-order valence-corrected chi connectivity index (χ0v) is 13.2. The quantitative estimate of drug-likeness (QED) is 0.721. The lowest BCUT2D eigenvalue weighted by Crippen LogP contribution is -2.00. The first-order valence-corrected chi connectivity index (χ1v) is 7.46. The van der Waals surface area contributed by atoms with Gasteiger partial charge in [0.1, 0.15) is 12.1 Å². The zero-order chi connectivity index (χ0) is 15.5. The molecule has 3 aromatic rings. The number of aromatic nitrogens is 3. The van der Waals surface area contributed by atoms with Crippen LogP contribution in [0.3, 0.4) is 0 Å². The molecule has 3 rings (SSSR count). The van der Waals surface area contributed by atoms with Crippen molar-refractivity contribution in [3.63, 3.8) is 0 Å². The van der Waals surface area contributed by atoms with Crippen LogP contribution in [0.25, 0.3) is 17.1 Å². The fraction of sp³-hybridized carbons (Fsp3) is 0.176. The molecule has 0 aliphatic rings. The first kappa shape index (κ1) is 14.6. The van der Waals surface area contributed by atoms with Crippen LogP contribution >= 0.6 is 11.6 Å². The van der Waals surface area contributed by atoms with Gasteiger partial charge in [0.25, 0.3) is 0 Å². The number of hydrogen-bond acceptors (Lipinski definition) is 3. The predicted octanol–water partition coefficient (Wildman–Crippen LogP) is 4.29. The molecule has 0 amide bonds. The van der Waals surface area contributed by atoms with E-state index in [4.69, 9.17) is 16.3 Å². The molecule has 0 saturated heterocycles. The second-order valence-corrected chi connectivity index (χ2v) is 5.29. The summed E-state index contributed by atoms with van der Waals surface area (Å²) in [6, 6.07) is 13.7. The largest absolute Gasteiger partial charge is 0.494 e. The molecule has 22 heavy (non-hydrogen) atoms. The molecule has 112 valence electrons. The lowest BCUT2D eigenvalue weighted by molar-refractivity contribution is 0.340. The number of aryl methyl sites for hydroxylation is 1. The van der Waals surface area contributed by atoms with Crippen molar-refractivity contribution in [2.75, 3.05) is 6.61 Å². The van der Waals surface area contributed by atoms with Crippen molar-refractivity contribution in [1.29, 1.82) is 0 Å². The highest BCUT2D eigenvalue weighted by molar-refractivity contribution is 6.31. The van der Waals surface area contributed by atoms with Gasteiger partial charge < -0.3 is 4.74 Å². The standard InChI is InChI=1S/C17H16ClN3O/c1-3-22-15-8-5-13(6-9-15)17-19-11-20-21(17)14-7-4-12(2)16(18)10-14/h4-11H,3H2,1-2H3. The highest BCUT2D eigenvalue weighted by atomic mass is 35.5. The Morgan fingerprint density at radius 3 is 2.59 bits per heavy atom. The number of ether oxygens (including phenoxy) is 1. The number of nitrogens with zero attached hydrogens (tertiary/aromatic N) is 3. The van der Waals surface area contributed by atoms with Crippen molar-refractivity contribution in [3.05, 3.63) is 59.4 Å². The average molecular weight is 314 g/mol. The van der Waals surface area contributed by atoms with Crippen LogP contribution in [-0.4, -0.2) is 21.4 Å². The number of hydrogen-bond donors (Lipinski definition) is 0. The van der Waals surface area contributed by atoms with Gasteiger partial charge in [-0.25, -0.2) is 9.67 Å². The van der Waals surface area contributed by atoms with Gasteiger partial charge in [0, 0.05) is 10.6 Å². The van der Waals surface area contributed by atoms with Gasteiger partial charge in [0.05, 0.1) is 12.3 Å². The highest BCUT2D eigenvalue weighted by Crippen LogP contribution is 2.25. The van der Waals surface area contributed by atoms with E-state index in [1.165, 1.54) is 0 Å². The van der Waals surface area contributed by atoms with Gasteiger partial charge in [0.15, 0.2) is 5.82 Å². The third-order valence-corrected chi connectivity index (χ3v) is 3.78. The third-order valence-electron chi connectivity index (χ3n) is 3.37. The third kappa shape index (κ3) is 2.83. The maximum absolute atomic E-state index is 6.21. The topological polar surface area (TPSA) is 39.9 Å². The fourth-order valence-corrected chi connectivity index (χ4v) is 2.38. The molecule has 0 fully saturated rings. The second kappa shape index (κ2) is 6.20. The summed E-state index contributed by atoms with van der Waals surface area (Å²) < 4.78 is 7.24. The SMILES string of the molecule is CCOc1ccc(-c2ncnn2-c2ccc(C)c(Cl)c2)cc1. The summed E-state index contributed by atoms with van der Waals surface area (Å²) in [7, 11) is 0. The molecule has 0 saturated carbocycles. The van der Waals surface area contributed by atoms with Crippen LogP contribution in [0.15, 0.2) is 48.8 Å². The number of benzene rings is 2. The molecule has 0 bridgehead atoms. The molecule has 0 atom stereocenters. The van der Waals surface area contributed by atoms with E-state index in [-0.39, 0.29) is 0 Å². The summed E-state index contributed by atoms with van der Waals surface area (Å²) in [5, 5.41) is 5.02. The number of halogens is 1. The Morgan fingerprint density at radius 1 is 1.14 bits per heavy atom. The summed E-state index contributed by atoms with van der Waals surface area (Å²) in [5.74, 6) is 1.61. The van der Waals surface area contributed by atoms with Crippen LogP contribution in [0.4, 0.5) is 0 Å². The molecule has 1 heterocycles. The molecule has 0 aliphatic carbocycles. The van der Waals surface area contributed by atoms with Crippen molar-refractivity contribution in [1.82, 2.24) is 14.8 Å². The Kier molecular flexibility index (Phi) is 4.11. The molecule has 0 spiro atoms. The van der Waals surface area contributed by atoms with E-state index < -0.39 is 0 Å². The lowest BCUT2D eigenvalue weighted by atomic mass is 10.2. The maximum Gasteiger partial charge on any atom is 0.163 e. The number of rotatable bonds is 4. The molecule has 0 unspecified atom stereocenters. The van der Waals surface area contributed by atoms with E-state index in [1.54, 1.807) is 11.0 Å². The van der Waals surface area contributed by atoms with E-state index >= 15 is 0 Å². The minimum absolute atomic E-state index is 0.650. The van der Waals surface area contributed by atoms with Gasteiger partial charge in [-0.2, -0.15) is 5.10 Å². The first-order valence-electron chi connectivity index (χ1n) is 7.09. The monoisotopic (exact) mass is 313 g/mol. The first-order chi connectivity index (χ1) is 10.7. The summed E-state index contributed by atoms with van der Waals surface area (Å²) in [6.45, 7) is 4.59. The Balaban J connectivity index is 1.99. The van der Waals surface area contributed by atoms with E-state index in [1.807, 2.05) is 56.3 Å². The molecule has 5 heteroatoms. The van der Waals surface area contributed by atoms with Crippen LogP contribution in [0.2, 0.25) is 5.02 Å². The highest BCUT2D eigenvalue weighted by Gasteiger charge is 2.10. The minimum Gasteiger partial charge on any atom is -0.494 e. The molecule has 0 N–H and O–H groups in total. The average Bonchev–Trinajstić information content (AvgIpc) is 3.01. The Morgan fingerprint density at radius 2 is 1.91 bits per heavy atom. The molecule has 0 radical (unpaired) electrons. The van der Waals surface area contributed by atoms with E-state index in [9.17, 15) is 0 Å². The van der Waals surface area contributed by atoms with Crippen molar-refractivity contribution >= 4 is 11.6 Å². The summed E-state index contributed by atoms with van der Waals surface area (Å²) in [5.41, 5.74) is 2.89. The van der Waals surface area contributed by atoms with E-state index in [0.717, 1.165) is 28.4 Å². The lowest BCUT2D eigenvalue weighted by Gasteiger charge is -2.08. The van der Waals surface area contributed by atoms with Gasteiger partial charge in [0.2, 0.25) is 0 Å². The van der Waals surface area contributed by atoms with Crippen LogP contribution in [0.5, 0.6) is 5.75 Å². The molecule has 1 aromatic heterocycles. The Hall–Kier alpha value is -2.33. The molecule has 0 aliphatic heterocycles. The van der Waals surface area contributed by atoms with Crippen molar-refractivity contribution in [3.8, 4) is 22.8 Å². The van der Waals surface area contributed by atoms with Crippen molar-refractivity contribution in [2.45, 2.75) is 13.8 Å². The summed E-state index contributed by atoms with van der Waals surface area (Å²) >= 11 is 6.21. The molecular formula is C17H16ClN3O. The Labute approximate surface area is 134 Å². The summed E-state index contributed by atoms with van der Waals surface area (Å²) in [4.78, 5) is 4.36. The Bertz CT molecular complexity index is 781. The van der Waals surface area contributed by atoms with Gasteiger partial charge in [-0.1, -0.05) is 17.7 Å². The predicted molar refractivity (Wildman–Crippen MR) is 87.7 cm³/mol. The fourth-order valence-electron chi connectivity index (χ4n) is 2.21. The van der Waals surface area contributed by atoms with E-state index in [2.05, 4.69) is 10.1 Å². The molecule has 2 aromatic carbocycles. The molecule has 4 nitrogen and oxygen atoms in total. The van der Waals surface area contributed by atoms with Crippen LogP contribution in [-0.2, 0) is 0 Å². The molecular weight excluding hydrogens is 298 g/mol. The maximum atomic E-state index is 6.21. The van der Waals surface area contributed by atoms with Gasteiger partial charge in [-0.05, 0) is 55.8 Å². The van der Waals surface area contributed by atoms with Crippen LogP contribution in [0.1, 0.15) is 12.5 Å². The second-order valence-electron chi connectivity index (χ2n) is 4.89. The zero-order valence-electron chi connectivity index (χ0n) is 12.5. The van der Waals surface area contributed by atoms with E-state index in [0.29, 0.717) is 11.6 Å². The smallest absolute Gasteiger partial charge is 0.163 e. The van der Waals surface area contributed by atoms with Gasteiger partial charge >= 0.3 is 0 Å². The van der Waals surface area contributed by atoms with Crippen molar-refractivity contribution in [2.24, 2.45) is 0 Å². The van der Waals surface area contributed by atoms with Crippen molar-refractivity contribution < 1.29 is 4.74 Å².